The number of hydrogen-bond donors (Lipinski definition) is 1. The van der Waals surface area contributed by atoms with Crippen LogP contribution in [0.4, 0.5) is 5.82 Å². The number of anilines is 1. The van der Waals surface area contributed by atoms with Crippen LogP contribution in [0.5, 0.6) is 5.75 Å². The SMILES string of the molecule is CCCc1ccc(CN2CCC(N3CCN(c4ncc(C=O)cc4O)CC3)CC2)cc1. The summed E-state index contributed by atoms with van der Waals surface area (Å²) in [5.41, 5.74) is 3.26. The van der Waals surface area contributed by atoms with Gasteiger partial charge in [-0.15, -0.1) is 0 Å². The highest BCUT2D eigenvalue weighted by Gasteiger charge is 2.28. The fourth-order valence-electron chi connectivity index (χ4n) is 4.87. The molecule has 1 aromatic heterocycles. The van der Waals surface area contributed by atoms with E-state index < -0.39 is 0 Å². The van der Waals surface area contributed by atoms with Gasteiger partial charge in [-0.2, -0.15) is 0 Å². The molecule has 1 aromatic carbocycles. The van der Waals surface area contributed by atoms with E-state index in [1.807, 2.05) is 0 Å². The summed E-state index contributed by atoms with van der Waals surface area (Å²) in [6.45, 7) is 9.25. The molecule has 0 aliphatic carbocycles. The van der Waals surface area contributed by atoms with Crippen molar-refractivity contribution in [3.05, 3.63) is 53.2 Å². The van der Waals surface area contributed by atoms with Gasteiger partial charge in [0, 0.05) is 50.5 Å². The fraction of sp³-hybridized carbons (Fsp3) is 0.520. The minimum atomic E-state index is 0.0917. The van der Waals surface area contributed by atoms with E-state index >= 15 is 0 Å². The Morgan fingerprint density at radius 3 is 2.32 bits per heavy atom. The van der Waals surface area contributed by atoms with E-state index in [9.17, 15) is 9.90 Å². The smallest absolute Gasteiger partial charge is 0.171 e. The van der Waals surface area contributed by atoms with Crippen LogP contribution < -0.4 is 4.90 Å². The quantitative estimate of drug-likeness (QED) is 0.691. The highest BCUT2D eigenvalue weighted by atomic mass is 16.3. The lowest BCUT2D eigenvalue weighted by Crippen LogP contribution is -2.53. The number of benzene rings is 1. The van der Waals surface area contributed by atoms with E-state index in [0.29, 0.717) is 23.7 Å². The van der Waals surface area contributed by atoms with Crippen molar-refractivity contribution in [2.45, 2.75) is 45.2 Å². The van der Waals surface area contributed by atoms with Crippen LogP contribution in [-0.2, 0) is 13.0 Å². The van der Waals surface area contributed by atoms with E-state index in [2.05, 4.69) is 50.9 Å². The Morgan fingerprint density at radius 2 is 1.71 bits per heavy atom. The minimum absolute atomic E-state index is 0.0917. The van der Waals surface area contributed by atoms with Gasteiger partial charge in [-0.05, 0) is 49.5 Å². The highest BCUT2D eigenvalue weighted by molar-refractivity contribution is 5.76. The molecule has 6 heteroatoms. The Kier molecular flexibility index (Phi) is 7.20. The number of aldehydes is 1. The van der Waals surface area contributed by atoms with E-state index in [4.69, 9.17) is 0 Å². The van der Waals surface area contributed by atoms with Crippen LogP contribution in [0.25, 0.3) is 0 Å². The second kappa shape index (κ2) is 10.2. The van der Waals surface area contributed by atoms with Crippen molar-refractivity contribution >= 4 is 12.1 Å². The molecule has 31 heavy (non-hydrogen) atoms. The number of carbonyl (C=O) groups excluding carboxylic acids is 1. The second-order valence-corrected chi connectivity index (χ2v) is 8.83. The lowest BCUT2D eigenvalue weighted by Gasteiger charge is -2.43. The average Bonchev–Trinajstić information content (AvgIpc) is 2.81. The Bertz CT molecular complexity index is 854. The van der Waals surface area contributed by atoms with Gasteiger partial charge in [0.15, 0.2) is 17.9 Å². The zero-order chi connectivity index (χ0) is 21.6. The molecule has 0 saturated carbocycles. The lowest BCUT2D eigenvalue weighted by atomic mass is 10.0. The number of piperazine rings is 1. The molecule has 1 N–H and O–H groups in total. The molecule has 0 spiro atoms. The molecule has 4 rings (SSSR count). The van der Waals surface area contributed by atoms with Crippen molar-refractivity contribution in [2.75, 3.05) is 44.2 Å². The lowest BCUT2D eigenvalue weighted by molar-refractivity contribution is 0.0996. The van der Waals surface area contributed by atoms with Crippen LogP contribution in [0, 0.1) is 0 Å². The van der Waals surface area contributed by atoms with E-state index in [-0.39, 0.29) is 5.75 Å². The van der Waals surface area contributed by atoms with Crippen LogP contribution >= 0.6 is 0 Å². The Morgan fingerprint density at radius 1 is 1.03 bits per heavy atom. The number of aromatic hydroxyl groups is 1. The number of nitrogens with zero attached hydrogens (tertiary/aromatic N) is 4. The standard InChI is InChI=1S/C25H34N4O2/c1-2-3-20-4-6-21(7-5-20)18-27-10-8-23(9-11-27)28-12-14-29(15-13-28)25-24(31)16-22(19-30)17-26-25/h4-7,16-17,19,23,31H,2-3,8-15,18H2,1H3. The molecule has 6 nitrogen and oxygen atoms in total. The third-order valence-corrected chi connectivity index (χ3v) is 6.66. The van der Waals surface area contributed by atoms with Gasteiger partial charge in [0.25, 0.3) is 0 Å². The number of piperidine rings is 1. The summed E-state index contributed by atoms with van der Waals surface area (Å²) in [6, 6.07) is 11.3. The van der Waals surface area contributed by atoms with Gasteiger partial charge in [-0.25, -0.2) is 4.98 Å². The molecule has 2 aliphatic heterocycles. The number of likely N-dealkylation sites (tertiary alicyclic amines) is 1. The first-order valence-electron chi connectivity index (χ1n) is 11.6. The summed E-state index contributed by atoms with van der Waals surface area (Å²) < 4.78 is 0. The number of rotatable bonds is 7. The maximum absolute atomic E-state index is 10.9. The highest BCUT2D eigenvalue weighted by Crippen LogP contribution is 2.27. The summed E-state index contributed by atoms with van der Waals surface area (Å²) in [4.78, 5) is 22.5. The minimum Gasteiger partial charge on any atom is -0.504 e. The molecule has 0 unspecified atom stereocenters. The number of pyridine rings is 1. The Labute approximate surface area is 185 Å². The molecular weight excluding hydrogens is 388 g/mol. The predicted octanol–water partition coefficient (Wildman–Crippen LogP) is 3.34. The molecule has 0 radical (unpaired) electrons. The zero-order valence-electron chi connectivity index (χ0n) is 18.5. The number of carbonyl (C=O) groups is 1. The van der Waals surface area contributed by atoms with Crippen LogP contribution in [0.1, 0.15) is 47.7 Å². The number of hydrogen-bond acceptors (Lipinski definition) is 6. The monoisotopic (exact) mass is 422 g/mol. The Balaban J connectivity index is 1.23. The van der Waals surface area contributed by atoms with Crippen molar-refractivity contribution in [1.82, 2.24) is 14.8 Å². The Hall–Kier alpha value is -2.44. The van der Waals surface area contributed by atoms with Crippen molar-refractivity contribution < 1.29 is 9.90 Å². The van der Waals surface area contributed by atoms with Gasteiger partial charge in [-0.1, -0.05) is 37.6 Å². The van der Waals surface area contributed by atoms with Gasteiger partial charge in [0.05, 0.1) is 0 Å². The van der Waals surface area contributed by atoms with E-state index in [1.165, 1.54) is 49.1 Å². The third-order valence-electron chi connectivity index (χ3n) is 6.66. The first-order chi connectivity index (χ1) is 15.2. The van der Waals surface area contributed by atoms with Gasteiger partial charge in [-0.3, -0.25) is 14.6 Å². The zero-order valence-corrected chi connectivity index (χ0v) is 18.5. The topological polar surface area (TPSA) is 59.9 Å². The van der Waals surface area contributed by atoms with Gasteiger partial charge in [0.1, 0.15) is 0 Å². The van der Waals surface area contributed by atoms with Crippen LogP contribution in [0.3, 0.4) is 0 Å². The second-order valence-electron chi connectivity index (χ2n) is 8.83. The van der Waals surface area contributed by atoms with E-state index in [0.717, 1.165) is 45.8 Å². The normalized spacial score (nSPS) is 18.9. The van der Waals surface area contributed by atoms with Crippen molar-refractivity contribution in [3.8, 4) is 5.75 Å². The molecule has 0 bridgehead atoms. The molecule has 2 fully saturated rings. The van der Waals surface area contributed by atoms with E-state index in [1.54, 1.807) is 0 Å². The van der Waals surface area contributed by atoms with Gasteiger partial charge < -0.3 is 10.0 Å². The molecule has 0 amide bonds. The average molecular weight is 423 g/mol. The van der Waals surface area contributed by atoms with Crippen LogP contribution in [0.2, 0.25) is 0 Å². The van der Waals surface area contributed by atoms with Crippen LogP contribution in [-0.4, -0.2) is 71.5 Å². The summed E-state index contributed by atoms with van der Waals surface area (Å²) in [7, 11) is 0. The summed E-state index contributed by atoms with van der Waals surface area (Å²) >= 11 is 0. The van der Waals surface area contributed by atoms with Crippen molar-refractivity contribution in [2.24, 2.45) is 0 Å². The first kappa shape index (κ1) is 21.8. The molecule has 2 aliphatic rings. The molecule has 3 heterocycles. The molecule has 2 saturated heterocycles. The van der Waals surface area contributed by atoms with Gasteiger partial charge >= 0.3 is 0 Å². The third kappa shape index (κ3) is 5.43. The maximum atomic E-state index is 10.9. The number of aryl methyl sites for hydroxylation is 1. The maximum Gasteiger partial charge on any atom is 0.171 e. The summed E-state index contributed by atoms with van der Waals surface area (Å²) in [5, 5.41) is 10.2. The summed E-state index contributed by atoms with van der Waals surface area (Å²) in [6.07, 6.45) is 7.03. The predicted molar refractivity (Wildman–Crippen MR) is 124 cm³/mol. The molecular formula is C25H34N4O2. The van der Waals surface area contributed by atoms with Crippen molar-refractivity contribution in [3.63, 3.8) is 0 Å². The fourth-order valence-corrected chi connectivity index (χ4v) is 4.87. The molecule has 2 aromatic rings. The summed E-state index contributed by atoms with van der Waals surface area (Å²) in [5.74, 6) is 0.680. The first-order valence-corrected chi connectivity index (χ1v) is 11.6. The molecule has 166 valence electrons. The van der Waals surface area contributed by atoms with Crippen molar-refractivity contribution in [1.29, 1.82) is 0 Å². The van der Waals surface area contributed by atoms with Gasteiger partial charge in [0.2, 0.25) is 0 Å². The molecule has 0 atom stereocenters. The largest absolute Gasteiger partial charge is 0.504 e. The van der Waals surface area contributed by atoms with Crippen LogP contribution in [0.15, 0.2) is 36.5 Å². The number of aromatic nitrogens is 1.